The zero-order valence-electron chi connectivity index (χ0n) is 13.1. The lowest BCUT2D eigenvalue weighted by Gasteiger charge is -2.12. The van der Waals surface area contributed by atoms with E-state index in [1.165, 1.54) is 0 Å². The van der Waals surface area contributed by atoms with E-state index in [2.05, 4.69) is 17.6 Å². The first kappa shape index (κ1) is 15.8. The Morgan fingerprint density at radius 1 is 1.38 bits per heavy atom. The van der Waals surface area contributed by atoms with Gasteiger partial charge in [0.05, 0.1) is 6.10 Å². The van der Waals surface area contributed by atoms with Crippen LogP contribution in [0.5, 0.6) is 0 Å². The highest BCUT2D eigenvalue weighted by molar-refractivity contribution is 5.96. The number of hydrogen-bond acceptors (Lipinski definition) is 3. The zero-order chi connectivity index (χ0) is 15.1. The molecular formula is C17H26N2O2. The highest BCUT2D eigenvalue weighted by atomic mass is 16.5. The van der Waals surface area contributed by atoms with Gasteiger partial charge in [0.25, 0.3) is 5.91 Å². The van der Waals surface area contributed by atoms with Gasteiger partial charge in [-0.3, -0.25) is 4.79 Å². The Hall–Kier alpha value is -1.55. The molecule has 1 amide bonds. The summed E-state index contributed by atoms with van der Waals surface area (Å²) in [7, 11) is 0. The Balaban J connectivity index is 1.83. The molecule has 1 fully saturated rings. The molecule has 0 radical (unpaired) electrons. The van der Waals surface area contributed by atoms with E-state index in [4.69, 9.17) is 4.74 Å². The minimum Gasteiger partial charge on any atom is -0.385 e. The first-order valence-corrected chi connectivity index (χ1v) is 7.95. The number of anilines is 1. The van der Waals surface area contributed by atoms with Crippen LogP contribution in [0.1, 0.15) is 48.5 Å². The minimum absolute atomic E-state index is 0.00698. The normalized spacial score (nSPS) is 17.7. The van der Waals surface area contributed by atoms with Crippen molar-refractivity contribution in [3.63, 3.8) is 0 Å². The summed E-state index contributed by atoms with van der Waals surface area (Å²) in [6, 6.07) is 5.90. The Kier molecular flexibility index (Phi) is 6.05. The molecule has 1 unspecified atom stereocenters. The molecule has 0 spiro atoms. The van der Waals surface area contributed by atoms with Crippen LogP contribution in [0.3, 0.4) is 0 Å². The van der Waals surface area contributed by atoms with E-state index in [1.54, 1.807) is 0 Å². The van der Waals surface area contributed by atoms with Crippen molar-refractivity contribution in [3.8, 4) is 0 Å². The Bertz CT molecular complexity index is 468. The molecule has 1 aliphatic heterocycles. The molecule has 0 bridgehead atoms. The van der Waals surface area contributed by atoms with Gasteiger partial charge in [0.1, 0.15) is 0 Å². The van der Waals surface area contributed by atoms with Crippen LogP contribution in [-0.2, 0) is 4.74 Å². The Morgan fingerprint density at radius 3 is 2.90 bits per heavy atom. The van der Waals surface area contributed by atoms with Gasteiger partial charge in [-0.05, 0) is 56.4 Å². The molecule has 4 nitrogen and oxygen atoms in total. The molecular weight excluding hydrogens is 264 g/mol. The van der Waals surface area contributed by atoms with E-state index in [9.17, 15) is 4.79 Å². The van der Waals surface area contributed by atoms with Crippen LogP contribution in [0.25, 0.3) is 0 Å². The van der Waals surface area contributed by atoms with Crippen molar-refractivity contribution in [2.24, 2.45) is 0 Å². The van der Waals surface area contributed by atoms with Gasteiger partial charge in [0, 0.05) is 30.9 Å². The highest BCUT2D eigenvalue weighted by Crippen LogP contribution is 2.16. The van der Waals surface area contributed by atoms with Crippen molar-refractivity contribution in [3.05, 3.63) is 29.3 Å². The second-order valence-electron chi connectivity index (χ2n) is 5.64. The fraction of sp³-hybridized carbons (Fsp3) is 0.588. The van der Waals surface area contributed by atoms with Gasteiger partial charge in [-0.15, -0.1) is 0 Å². The van der Waals surface area contributed by atoms with Crippen molar-refractivity contribution < 1.29 is 9.53 Å². The molecule has 2 N–H and O–H groups in total. The monoisotopic (exact) mass is 290 g/mol. The lowest BCUT2D eigenvalue weighted by molar-refractivity contribution is 0.0907. The van der Waals surface area contributed by atoms with Crippen molar-refractivity contribution in [1.29, 1.82) is 0 Å². The van der Waals surface area contributed by atoms with Gasteiger partial charge in [-0.1, -0.05) is 6.92 Å². The molecule has 0 saturated carbocycles. The van der Waals surface area contributed by atoms with E-state index in [1.807, 2.05) is 25.1 Å². The molecule has 1 heterocycles. The van der Waals surface area contributed by atoms with E-state index >= 15 is 0 Å². The van der Waals surface area contributed by atoms with Gasteiger partial charge in [0.15, 0.2) is 0 Å². The fourth-order valence-corrected chi connectivity index (χ4v) is 2.61. The number of hydrogen-bond donors (Lipinski definition) is 2. The zero-order valence-corrected chi connectivity index (χ0v) is 13.1. The molecule has 2 rings (SSSR count). The van der Waals surface area contributed by atoms with Gasteiger partial charge in [0.2, 0.25) is 0 Å². The SMILES string of the molecule is CCCNc1ccc(C(=O)NCCC2CCCO2)c(C)c1. The predicted octanol–water partition coefficient (Wildman–Crippen LogP) is 3.12. The number of amides is 1. The lowest BCUT2D eigenvalue weighted by atomic mass is 10.1. The van der Waals surface area contributed by atoms with Crippen LogP contribution < -0.4 is 10.6 Å². The number of benzene rings is 1. The molecule has 0 aliphatic carbocycles. The maximum Gasteiger partial charge on any atom is 0.251 e. The average Bonchev–Trinajstić information content (AvgIpc) is 2.98. The summed E-state index contributed by atoms with van der Waals surface area (Å²) in [6.45, 7) is 6.61. The van der Waals surface area contributed by atoms with Gasteiger partial charge in [-0.25, -0.2) is 0 Å². The van der Waals surface area contributed by atoms with Crippen LogP contribution in [0.2, 0.25) is 0 Å². The van der Waals surface area contributed by atoms with Crippen LogP contribution >= 0.6 is 0 Å². The van der Waals surface area contributed by atoms with Crippen LogP contribution in [0.15, 0.2) is 18.2 Å². The van der Waals surface area contributed by atoms with Crippen LogP contribution in [0.4, 0.5) is 5.69 Å². The Morgan fingerprint density at radius 2 is 2.24 bits per heavy atom. The summed E-state index contributed by atoms with van der Waals surface area (Å²) in [5, 5.41) is 6.32. The molecule has 21 heavy (non-hydrogen) atoms. The third-order valence-electron chi connectivity index (χ3n) is 3.83. The fourth-order valence-electron chi connectivity index (χ4n) is 2.61. The predicted molar refractivity (Wildman–Crippen MR) is 85.9 cm³/mol. The molecule has 1 aromatic carbocycles. The summed E-state index contributed by atoms with van der Waals surface area (Å²) in [4.78, 5) is 12.2. The number of nitrogens with one attached hydrogen (secondary N) is 2. The molecule has 0 aromatic heterocycles. The molecule has 4 heteroatoms. The quantitative estimate of drug-likeness (QED) is 0.811. The first-order chi connectivity index (χ1) is 10.2. The standard InChI is InChI=1S/C17H26N2O2/c1-3-9-18-14-6-7-16(13(2)12-14)17(20)19-10-8-15-5-4-11-21-15/h6-7,12,15,18H,3-5,8-11H2,1-2H3,(H,19,20). The molecule has 116 valence electrons. The highest BCUT2D eigenvalue weighted by Gasteiger charge is 2.16. The maximum atomic E-state index is 12.2. The summed E-state index contributed by atoms with van der Waals surface area (Å²) >= 11 is 0. The molecule has 1 saturated heterocycles. The lowest BCUT2D eigenvalue weighted by Crippen LogP contribution is -2.27. The van der Waals surface area contributed by atoms with Gasteiger partial charge >= 0.3 is 0 Å². The summed E-state index contributed by atoms with van der Waals surface area (Å²) < 4.78 is 5.56. The van der Waals surface area contributed by atoms with Gasteiger partial charge < -0.3 is 15.4 Å². The number of rotatable bonds is 7. The maximum absolute atomic E-state index is 12.2. The second-order valence-corrected chi connectivity index (χ2v) is 5.64. The van der Waals surface area contributed by atoms with Crippen LogP contribution in [-0.4, -0.2) is 31.7 Å². The molecule has 1 atom stereocenters. The smallest absolute Gasteiger partial charge is 0.251 e. The Labute approximate surface area is 127 Å². The topological polar surface area (TPSA) is 50.4 Å². The van der Waals surface area contributed by atoms with E-state index in [-0.39, 0.29) is 5.91 Å². The van der Waals surface area contributed by atoms with E-state index in [0.717, 1.165) is 55.6 Å². The summed E-state index contributed by atoms with van der Waals surface area (Å²) in [5.41, 5.74) is 2.83. The number of carbonyl (C=O) groups is 1. The number of aryl methyl sites for hydroxylation is 1. The van der Waals surface area contributed by atoms with Crippen molar-refractivity contribution in [1.82, 2.24) is 5.32 Å². The van der Waals surface area contributed by atoms with Crippen LogP contribution in [0, 0.1) is 6.92 Å². The summed E-state index contributed by atoms with van der Waals surface area (Å²) in [6.07, 6.45) is 4.58. The van der Waals surface area contributed by atoms with Crippen molar-refractivity contribution >= 4 is 11.6 Å². The minimum atomic E-state index is 0.00698. The van der Waals surface area contributed by atoms with Gasteiger partial charge in [-0.2, -0.15) is 0 Å². The third kappa shape index (κ3) is 4.74. The van der Waals surface area contributed by atoms with Crippen molar-refractivity contribution in [2.75, 3.05) is 25.0 Å². The number of ether oxygens (including phenoxy) is 1. The third-order valence-corrected chi connectivity index (χ3v) is 3.83. The second kappa shape index (κ2) is 8.03. The largest absolute Gasteiger partial charge is 0.385 e. The number of carbonyl (C=O) groups excluding carboxylic acids is 1. The molecule has 1 aromatic rings. The van der Waals surface area contributed by atoms with E-state index < -0.39 is 0 Å². The van der Waals surface area contributed by atoms with E-state index in [0.29, 0.717) is 12.6 Å². The molecule has 1 aliphatic rings. The average molecular weight is 290 g/mol. The first-order valence-electron chi connectivity index (χ1n) is 7.95. The summed E-state index contributed by atoms with van der Waals surface area (Å²) in [5.74, 6) is 0.00698. The van der Waals surface area contributed by atoms with Crippen molar-refractivity contribution in [2.45, 2.75) is 45.6 Å².